The van der Waals surface area contributed by atoms with Crippen molar-refractivity contribution in [3.63, 3.8) is 0 Å². The Hall–Kier alpha value is -2.66. The summed E-state index contributed by atoms with van der Waals surface area (Å²) in [7, 11) is 0. The van der Waals surface area contributed by atoms with Crippen molar-refractivity contribution in [2.75, 3.05) is 31.1 Å². The minimum atomic E-state index is 0.273. The van der Waals surface area contributed by atoms with Crippen LogP contribution >= 0.6 is 0 Å². The van der Waals surface area contributed by atoms with E-state index in [-0.39, 0.29) is 5.75 Å². The van der Waals surface area contributed by atoms with Crippen LogP contribution < -0.4 is 10.2 Å². The van der Waals surface area contributed by atoms with Gasteiger partial charge in [-0.1, -0.05) is 18.2 Å². The summed E-state index contributed by atoms with van der Waals surface area (Å²) in [4.78, 5) is 11.6. The molecule has 5 nitrogen and oxygen atoms in total. The number of anilines is 1. The monoisotopic (exact) mass is 306 g/mol. The summed E-state index contributed by atoms with van der Waals surface area (Å²) in [5.41, 5.74) is 3.92. The second-order valence-electron chi connectivity index (χ2n) is 5.72. The van der Waals surface area contributed by atoms with Gasteiger partial charge in [-0.3, -0.25) is 4.98 Å². The molecule has 3 aromatic rings. The molecule has 0 unspecified atom stereocenters. The highest BCUT2D eigenvalue weighted by Crippen LogP contribution is 2.25. The highest BCUT2D eigenvalue weighted by molar-refractivity contribution is 5.82. The molecule has 1 saturated heterocycles. The number of hydrogen-bond acceptors (Lipinski definition) is 5. The third kappa shape index (κ3) is 2.83. The van der Waals surface area contributed by atoms with Gasteiger partial charge in [-0.15, -0.1) is 0 Å². The molecule has 0 amide bonds. The fraction of sp³-hybridized carbons (Fsp3) is 0.222. The van der Waals surface area contributed by atoms with Gasteiger partial charge in [0.15, 0.2) is 0 Å². The molecule has 4 rings (SSSR count). The lowest BCUT2D eigenvalue weighted by molar-refractivity contribution is 0.475. The minimum absolute atomic E-state index is 0.273. The van der Waals surface area contributed by atoms with E-state index in [9.17, 15) is 5.11 Å². The Bertz CT molecular complexity index is 826. The maximum absolute atomic E-state index is 9.42. The van der Waals surface area contributed by atoms with E-state index in [2.05, 4.69) is 21.3 Å². The van der Waals surface area contributed by atoms with Crippen molar-refractivity contribution in [2.24, 2.45) is 0 Å². The highest BCUT2D eigenvalue weighted by atomic mass is 16.3. The summed E-state index contributed by atoms with van der Waals surface area (Å²) < 4.78 is 0. The Morgan fingerprint density at radius 3 is 2.43 bits per heavy atom. The first-order valence-corrected chi connectivity index (χ1v) is 7.81. The molecule has 0 bridgehead atoms. The van der Waals surface area contributed by atoms with E-state index in [4.69, 9.17) is 4.98 Å². The predicted octanol–water partition coefficient (Wildman–Crippen LogP) is 2.41. The van der Waals surface area contributed by atoms with Gasteiger partial charge in [-0.05, 0) is 35.4 Å². The van der Waals surface area contributed by atoms with Gasteiger partial charge in [-0.2, -0.15) is 0 Å². The summed E-state index contributed by atoms with van der Waals surface area (Å²) in [6, 6.07) is 13.3. The van der Waals surface area contributed by atoms with Crippen LogP contribution in [0.2, 0.25) is 0 Å². The van der Waals surface area contributed by atoms with Gasteiger partial charge in [-0.25, -0.2) is 4.98 Å². The van der Waals surface area contributed by atoms with Crippen molar-refractivity contribution in [3.8, 4) is 16.9 Å². The number of benzene rings is 2. The largest absolute Gasteiger partial charge is 0.508 e. The van der Waals surface area contributed by atoms with E-state index >= 15 is 0 Å². The summed E-state index contributed by atoms with van der Waals surface area (Å²) in [5, 5.41) is 12.8. The SMILES string of the molecule is Oc1ccc(-c2ccc3ncc(N4CCNCC4)nc3c2)cc1. The first-order valence-electron chi connectivity index (χ1n) is 7.81. The first-order chi connectivity index (χ1) is 11.3. The quantitative estimate of drug-likeness (QED) is 0.761. The molecule has 0 aliphatic carbocycles. The minimum Gasteiger partial charge on any atom is -0.508 e. The number of nitrogens with zero attached hydrogens (tertiary/aromatic N) is 3. The predicted molar refractivity (Wildman–Crippen MR) is 91.7 cm³/mol. The van der Waals surface area contributed by atoms with Gasteiger partial charge in [0.2, 0.25) is 0 Å². The molecule has 1 aliphatic heterocycles. The lowest BCUT2D eigenvalue weighted by Gasteiger charge is -2.28. The van der Waals surface area contributed by atoms with Gasteiger partial charge >= 0.3 is 0 Å². The van der Waals surface area contributed by atoms with Crippen molar-refractivity contribution in [1.29, 1.82) is 0 Å². The molecule has 5 heteroatoms. The van der Waals surface area contributed by atoms with E-state index in [1.165, 1.54) is 0 Å². The Balaban J connectivity index is 1.72. The Kier molecular flexibility index (Phi) is 3.55. The van der Waals surface area contributed by atoms with Crippen LogP contribution in [0.25, 0.3) is 22.2 Å². The maximum Gasteiger partial charge on any atom is 0.147 e. The van der Waals surface area contributed by atoms with E-state index in [1.54, 1.807) is 12.1 Å². The van der Waals surface area contributed by atoms with Crippen LogP contribution in [-0.2, 0) is 0 Å². The molecular formula is C18H18N4O. The summed E-state index contributed by atoms with van der Waals surface area (Å²) >= 11 is 0. The molecule has 0 radical (unpaired) electrons. The van der Waals surface area contributed by atoms with Gasteiger partial charge < -0.3 is 15.3 Å². The standard InChI is InChI=1S/C18H18N4O/c23-15-4-1-13(2-5-15)14-3-6-16-17(11-14)21-18(12-20-16)22-9-7-19-8-10-22/h1-6,11-12,19,23H,7-10H2. The van der Waals surface area contributed by atoms with Gasteiger partial charge in [0.25, 0.3) is 0 Å². The van der Waals surface area contributed by atoms with Crippen LogP contribution in [0.1, 0.15) is 0 Å². The van der Waals surface area contributed by atoms with Crippen LogP contribution in [0.3, 0.4) is 0 Å². The lowest BCUT2D eigenvalue weighted by atomic mass is 10.0. The van der Waals surface area contributed by atoms with Crippen molar-refractivity contribution in [1.82, 2.24) is 15.3 Å². The number of nitrogens with one attached hydrogen (secondary N) is 1. The fourth-order valence-corrected chi connectivity index (χ4v) is 2.88. The molecule has 1 aromatic heterocycles. The van der Waals surface area contributed by atoms with E-state index < -0.39 is 0 Å². The highest BCUT2D eigenvalue weighted by Gasteiger charge is 2.12. The molecule has 116 valence electrons. The Labute approximate surface area is 134 Å². The molecule has 23 heavy (non-hydrogen) atoms. The molecule has 2 aromatic carbocycles. The number of aromatic hydroxyl groups is 1. The summed E-state index contributed by atoms with van der Waals surface area (Å²) in [6.45, 7) is 3.87. The molecule has 0 saturated carbocycles. The van der Waals surface area contributed by atoms with Crippen LogP contribution in [-0.4, -0.2) is 41.3 Å². The van der Waals surface area contributed by atoms with E-state index in [0.29, 0.717) is 0 Å². The number of hydrogen-bond donors (Lipinski definition) is 2. The summed E-state index contributed by atoms with van der Waals surface area (Å²) in [6.07, 6.45) is 1.86. The van der Waals surface area contributed by atoms with Crippen molar-refractivity contribution < 1.29 is 5.11 Å². The third-order valence-electron chi connectivity index (χ3n) is 4.17. The fourth-order valence-electron chi connectivity index (χ4n) is 2.88. The van der Waals surface area contributed by atoms with Crippen molar-refractivity contribution in [2.45, 2.75) is 0 Å². The smallest absolute Gasteiger partial charge is 0.147 e. The second-order valence-corrected chi connectivity index (χ2v) is 5.72. The molecule has 2 N–H and O–H groups in total. The zero-order chi connectivity index (χ0) is 15.6. The molecule has 1 fully saturated rings. The number of fused-ring (bicyclic) bond motifs is 1. The van der Waals surface area contributed by atoms with Gasteiger partial charge in [0.1, 0.15) is 11.6 Å². The zero-order valence-electron chi connectivity index (χ0n) is 12.7. The van der Waals surface area contributed by atoms with Crippen LogP contribution in [0, 0.1) is 0 Å². The normalized spacial score (nSPS) is 15.0. The molecule has 0 spiro atoms. The van der Waals surface area contributed by atoms with Crippen molar-refractivity contribution >= 4 is 16.9 Å². The zero-order valence-corrected chi connectivity index (χ0v) is 12.7. The lowest BCUT2D eigenvalue weighted by Crippen LogP contribution is -2.43. The van der Waals surface area contributed by atoms with Gasteiger partial charge in [0, 0.05) is 26.2 Å². The molecule has 2 heterocycles. The van der Waals surface area contributed by atoms with Crippen LogP contribution in [0.15, 0.2) is 48.7 Å². The second kappa shape index (κ2) is 5.85. The molecular weight excluding hydrogens is 288 g/mol. The average Bonchev–Trinajstić information content (AvgIpc) is 2.62. The number of piperazine rings is 1. The Morgan fingerprint density at radius 2 is 1.65 bits per heavy atom. The number of phenolic OH excluding ortho intramolecular Hbond substituents is 1. The topological polar surface area (TPSA) is 61.3 Å². The number of phenols is 1. The first kappa shape index (κ1) is 14.0. The van der Waals surface area contributed by atoms with Crippen molar-refractivity contribution in [3.05, 3.63) is 48.7 Å². The average molecular weight is 306 g/mol. The van der Waals surface area contributed by atoms with E-state index in [0.717, 1.165) is 54.2 Å². The Morgan fingerprint density at radius 1 is 0.913 bits per heavy atom. The number of aromatic nitrogens is 2. The van der Waals surface area contributed by atoms with Gasteiger partial charge in [0.05, 0.1) is 17.2 Å². The van der Waals surface area contributed by atoms with E-state index in [1.807, 2.05) is 30.5 Å². The maximum atomic E-state index is 9.42. The molecule has 0 atom stereocenters. The third-order valence-corrected chi connectivity index (χ3v) is 4.17. The number of rotatable bonds is 2. The van der Waals surface area contributed by atoms with Crippen LogP contribution in [0.5, 0.6) is 5.75 Å². The summed E-state index contributed by atoms with van der Waals surface area (Å²) in [5.74, 6) is 1.21. The molecule has 1 aliphatic rings. The van der Waals surface area contributed by atoms with Crippen LogP contribution in [0.4, 0.5) is 5.82 Å².